The number of hydrogen-bond donors (Lipinski definition) is 1. The molecule has 0 fully saturated rings. The predicted molar refractivity (Wildman–Crippen MR) is 38.3 cm³/mol. The molecule has 0 aromatic heterocycles. The molecule has 1 heterocycles. The van der Waals surface area contributed by atoms with E-state index in [1.165, 1.54) is 0 Å². The summed E-state index contributed by atoms with van der Waals surface area (Å²) in [6, 6.07) is 0. The van der Waals surface area contributed by atoms with Crippen LogP contribution in [0.5, 0.6) is 0 Å². The SMILES string of the molecule is O=C1NCC=CC1=C=S. The van der Waals surface area contributed by atoms with Crippen LogP contribution < -0.4 is 5.32 Å². The van der Waals surface area contributed by atoms with Gasteiger partial charge in [-0.3, -0.25) is 4.79 Å². The minimum atomic E-state index is -0.132. The van der Waals surface area contributed by atoms with Gasteiger partial charge in [0.2, 0.25) is 0 Å². The van der Waals surface area contributed by atoms with Crippen LogP contribution >= 0.6 is 12.2 Å². The van der Waals surface area contributed by atoms with E-state index in [4.69, 9.17) is 0 Å². The molecule has 9 heavy (non-hydrogen) atoms. The van der Waals surface area contributed by atoms with Gasteiger partial charge >= 0.3 is 0 Å². The lowest BCUT2D eigenvalue weighted by molar-refractivity contribution is -0.117. The average molecular weight is 139 g/mol. The first kappa shape index (κ1) is 6.20. The van der Waals surface area contributed by atoms with Gasteiger partial charge in [-0.1, -0.05) is 6.08 Å². The van der Waals surface area contributed by atoms with E-state index >= 15 is 0 Å². The van der Waals surface area contributed by atoms with E-state index in [0.717, 1.165) is 0 Å². The van der Waals surface area contributed by atoms with Crippen LogP contribution in [0.15, 0.2) is 17.7 Å². The number of hydrogen-bond acceptors (Lipinski definition) is 2. The first-order valence-electron chi connectivity index (χ1n) is 2.54. The van der Waals surface area contributed by atoms with Crippen molar-refractivity contribution in [3.05, 3.63) is 17.7 Å². The zero-order chi connectivity index (χ0) is 6.69. The fraction of sp³-hybridized carbons (Fsp3) is 0.167. The summed E-state index contributed by atoms with van der Waals surface area (Å²) in [5, 5.41) is 4.95. The number of amides is 1. The highest BCUT2D eigenvalue weighted by atomic mass is 32.1. The van der Waals surface area contributed by atoms with Gasteiger partial charge in [0.1, 0.15) is 0 Å². The Labute approximate surface area is 58.2 Å². The first-order valence-corrected chi connectivity index (χ1v) is 2.95. The Hall–Kier alpha value is -0.920. The van der Waals surface area contributed by atoms with Crippen LogP contribution in [-0.4, -0.2) is 17.5 Å². The molecule has 0 saturated carbocycles. The molecular weight excluding hydrogens is 134 g/mol. The molecule has 3 heteroatoms. The summed E-state index contributed by atoms with van der Waals surface area (Å²) in [4.78, 5) is 10.7. The maximum Gasteiger partial charge on any atom is 0.260 e. The van der Waals surface area contributed by atoms with Crippen molar-refractivity contribution >= 4 is 23.1 Å². The maximum atomic E-state index is 10.7. The molecule has 2 nitrogen and oxygen atoms in total. The molecule has 0 atom stereocenters. The highest BCUT2D eigenvalue weighted by Gasteiger charge is 2.06. The van der Waals surface area contributed by atoms with Crippen molar-refractivity contribution < 1.29 is 4.79 Å². The smallest absolute Gasteiger partial charge is 0.260 e. The van der Waals surface area contributed by atoms with E-state index in [1.54, 1.807) is 6.08 Å². The minimum Gasteiger partial charge on any atom is -0.348 e. The number of carbonyl (C=O) groups excluding carboxylic acids is 1. The van der Waals surface area contributed by atoms with Crippen LogP contribution in [0, 0.1) is 0 Å². The molecule has 1 aliphatic rings. The Bertz CT molecular complexity index is 213. The molecule has 0 aromatic rings. The fourth-order valence-electron chi connectivity index (χ4n) is 0.580. The number of rotatable bonds is 0. The molecule has 1 aliphatic heterocycles. The van der Waals surface area contributed by atoms with Crippen molar-refractivity contribution in [2.75, 3.05) is 6.54 Å². The zero-order valence-electron chi connectivity index (χ0n) is 4.68. The van der Waals surface area contributed by atoms with Crippen molar-refractivity contribution in [2.45, 2.75) is 0 Å². The van der Waals surface area contributed by atoms with Crippen molar-refractivity contribution in [3.63, 3.8) is 0 Å². The minimum absolute atomic E-state index is 0.132. The topological polar surface area (TPSA) is 29.1 Å². The average Bonchev–Trinajstić information content (AvgIpc) is 1.89. The lowest BCUT2D eigenvalue weighted by Gasteiger charge is -2.04. The van der Waals surface area contributed by atoms with Gasteiger partial charge < -0.3 is 5.32 Å². The third-order valence-electron chi connectivity index (χ3n) is 1.02. The summed E-state index contributed by atoms with van der Waals surface area (Å²) < 4.78 is 0. The normalized spacial score (nSPS) is 16.9. The molecule has 1 rings (SSSR count). The van der Waals surface area contributed by atoms with E-state index in [0.29, 0.717) is 12.1 Å². The van der Waals surface area contributed by atoms with Crippen LogP contribution in [0.4, 0.5) is 0 Å². The largest absolute Gasteiger partial charge is 0.348 e. The monoisotopic (exact) mass is 139 g/mol. The summed E-state index contributed by atoms with van der Waals surface area (Å²) >= 11 is 4.45. The lowest BCUT2D eigenvalue weighted by Crippen LogP contribution is -2.27. The van der Waals surface area contributed by atoms with Crippen LogP contribution in [0.2, 0.25) is 0 Å². The Kier molecular flexibility index (Phi) is 1.78. The van der Waals surface area contributed by atoms with Crippen molar-refractivity contribution in [1.29, 1.82) is 0 Å². The van der Waals surface area contributed by atoms with Crippen LogP contribution in [0.1, 0.15) is 0 Å². The molecule has 0 bridgehead atoms. The standard InChI is InChI=1S/C6H5NOS/c8-6-5(4-9)2-1-3-7-6/h1-2H,3H2,(H,7,8). The van der Waals surface area contributed by atoms with Crippen LogP contribution in [0.3, 0.4) is 0 Å². The van der Waals surface area contributed by atoms with Gasteiger partial charge in [0.15, 0.2) is 0 Å². The molecule has 1 N–H and O–H groups in total. The van der Waals surface area contributed by atoms with Gasteiger partial charge in [-0.25, -0.2) is 0 Å². The molecule has 0 spiro atoms. The predicted octanol–water partition coefficient (Wildman–Crippen LogP) is 0.197. The molecule has 46 valence electrons. The van der Waals surface area contributed by atoms with E-state index in [2.05, 4.69) is 22.6 Å². The molecule has 0 unspecified atom stereocenters. The molecule has 0 aromatic carbocycles. The Balaban J connectivity index is 2.94. The Morgan fingerprint density at radius 3 is 3.00 bits per heavy atom. The summed E-state index contributed by atoms with van der Waals surface area (Å²) in [5.41, 5.74) is 0.441. The fourth-order valence-corrected chi connectivity index (χ4v) is 0.740. The maximum absolute atomic E-state index is 10.7. The van der Waals surface area contributed by atoms with Crippen molar-refractivity contribution in [2.24, 2.45) is 0 Å². The third kappa shape index (κ3) is 1.25. The molecule has 0 radical (unpaired) electrons. The second-order valence-corrected chi connectivity index (χ2v) is 1.83. The van der Waals surface area contributed by atoms with Crippen molar-refractivity contribution in [1.82, 2.24) is 5.32 Å². The molecule has 1 amide bonds. The van der Waals surface area contributed by atoms with Gasteiger partial charge in [0.25, 0.3) is 5.91 Å². The summed E-state index contributed by atoms with van der Waals surface area (Å²) in [6.45, 7) is 0.597. The van der Waals surface area contributed by atoms with Crippen LogP contribution in [-0.2, 0) is 4.79 Å². The lowest BCUT2D eigenvalue weighted by atomic mass is 10.2. The quantitative estimate of drug-likeness (QED) is 0.383. The van der Waals surface area contributed by atoms with Gasteiger partial charge in [0.05, 0.1) is 5.57 Å². The molecule has 0 aliphatic carbocycles. The molecule has 0 saturated heterocycles. The highest BCUT2D eigenvalue weighted by Crippen LogP contribution is 1.95. The Morgan fingerprint density at radius 1 is 1.78 bits per heavy atom. The van der Waals surface area contributed by atoms with Crippen molar-refractivity contribution in [3.8, 4) is 0 Å². The van der Waals surface area contributed by atoms with E-state index in [-0.39, 0.29) is 5.91 Å². The zero-order valence-corrected chi connectivity index (χ0v) is 5.49. The Morgan fingerprint density at radius 2 is 2.56 bits per heavy atom. The summed E-state index contributed by atoms with van der Waals surface area (Å²) in [7, 11) is 0. The third-order valence-corrected chi connectivity index (χ3v) is 1.24. The second-order valence-electron chi connectivity index (χ2n) is 1.63. The van der Waals surface area contributed by atoms with E-state index in [9.17, 15) is 4.79 Å². The second kappa shape index (κ2) is 2.58. The number of carbonyl (C=O) groups is 1. The first-order chi connectivity index (χ1) is 4.34. The molecular formula is C6H5NOS. The summed E-state index contributed by atoms with van der Waals surface area (Å²) in [6.07, 6.45) is 3.50. The van der Waals surface area contributed by atoms with Crippen LogP contribution in [0.25, 0.3) is 0 Å². The van der Waals surface area contributed by atoms with Gasteiger partial charge in [-0.2, -0.15) is 0 Å². The number of thiocarbonyl (C=S) groups is 1. The summed E-state index contributed by atoms with van der Waals surface area (Å²) in [5.74, 6) is -0.132. The van der Waals surface area contributed by atoms with E-state index < -0.39 is 0 Å². The number of nitrogens with one attached hydrogen (secondary N) is 1. The van der Waals surface area contributed by atoms with Gasteiger partial charge in [-0.05, 0) is 23.3 Å². The highest BCUT2D eigenvalue weighted by molar-refractivity contribution is 7.78. The van der Waals surface area contributed by atoms with Gasteiger partial charge in [-0.15, -0.1) is 0 Å². The van der Waals surface area contributed by atoms with Gasteiger partial charge in [0, 0.05) is 6.54 Å². The van der Waals surface area contributed by atoms with E-state index in [1.807, 2.05) is 6.08 Å².